The molecule has 0 bridgehead atoms. The van der Waals surface area contributed by atoms with Gasteiger partial charge in [0, 0.05) is 16.7 Å². The van der Waals surface area contributed by atoms with Crippen LogP contribution in [0.3, 0.4) is 0 Å². The third-order valence-electron chi connectivity index (χ3n) is 2.36. The maximum atomic E-state index is 13.3. The van der Waals surface area contributed by atoms with E-state index < -0.39 is 5.82 Å². The summed E-state index contributed by atoms with van der Waals surface area (Å²) in [6, 6.07) is 1.68. The summed E-state index contributed by atoms with van der Waals surface area (Å²) in [5.41, 5.74) is 0. The minimum absolute atomic E-state index is 0.0758. The van der Waals surface area contributed by atoms with Gasteiger partial charge in [0.2, 0.25) is 5.88 Å². The van der Waals surface area contributed by atoms with Crippen molar-refractivity contribution in [2.24, 2.45) is 0 Å². The summed E-state index contributed by atoms with van der Waals surface area (Å²) in [5, 5.41) is 3.27. The molecule has 0 radical (unpaired) electrons. The van der Waals surface area contributed by atoms with Crippen molar-refractivity contribution >= 4 is 15.9 Å². The minimum atomic E-state index is -0.428. The average Bonchev–Trinajstić information content (AvgIpc) is 2.69. The predicted octanol–water partition coefficient (Wildman–Crippen LogP) is 2.11. The fourth-order valence-corrected chi connectivity index (χ4v) is 1.89. The van der Waals surface area contributed by atoms with Gasteiger partial charge in [-0.1, -0.05) is 0 Å². The summed E-state index contributed by atoms with van der Waals surface area (Å²) >= 11 is 3.14. The molecule has 1 aliphatic rings. The van der Waals surface area contributed by atoms with E-state index in [9.17, 15) is 4.39 Å². The second-order valence-corrected chi connectivity index (χ2v) is 4.46. The van der Waals surface area contributed by atoms with Crippen molar-refractivity contribution in [1.29, 1.82) is 0 Å². The number of aromatic nitrogens is 1. The molecule has 1 fully saturated rings. The molecule has 1 aliphatic heterocycles. The number of hydrogen-bond donors (Lipinski definition) is 1. The van der Waals surface area contributed by atoms with E-state index in [0.29, 0.717) is 17.1 Å². The van der Waals surface area contributed by atoms with E-state index in [4.69, 9.17) is 4.74 Å². The van der Waals surface area contributed by atoms with E-state index in [1.54, 1.807) is 0 Å². The lowest BCUT2D eigenvalue weighted by atomic mass is 10.2. The zero-order chi connectivity index (χ0) is 10.7. The minimum Gasteiger partial charge on any atom is -0.474 e. The van der Waals surface area contributed by atoms with Gasteiger partial charge >= 0.3 is 0 Å². The molecule has 5 heteroatoms. The number of nitrogens with zero attached hydrogens (tertiary/aromatic N) is 1. The third-order valence-corrected chi connectivity index (χ3v) is 2.79. The van der Waals surface area contributed by atoms with Crippen molar-refractivity contribution in [3.8, 4) is 5.88 Å². The van der Waals surface area contributed by atoms with Gasteiger partial charge < -0.3 is 10.1 Å². The second kappa shape index (κ2) is 4.90. The van der Waals surface area contributed by atoms with Gasteiger partial charge in [0.15, 0.2) is 5.82 Å². The highest BCUT2D eigenvalue weighted by atomic mass is 79.9. The van der Waals surface area contributed by atoms with E-state index in [1.165, 1.54) is 12.3 Å². The summed E-state index contributed by atoms with van der Waals surface area (Å²) in [6.45, 7) is 1.50. The number of nitrogens with one attached hydrogen (secondary N) is 1. The van der Waals surface area contributed by atoms with Crippen molar-refractivity contribution in [2.75, 3.05) is 13.2 Å². The molecule has 0 spiro atoms. The van der Waals surface area contributed by atoms with Crippen molar-refractivity contribution in [2.45, 2.75) is 18.9 Å². The maximum Gasteiger partial charge on any atom is 0.250 e. The summed E-state index contributed by atoms with van der Waals surface area (Å²) in [5.74, 6) is -0.353. The highest BCUT2D eigenvalue weighted by Gasteiger charge is 2.15. The number of pyridine rings is 1. The lowest BCUT2D eigenvalue weighted by Gasteiger charge is -2.11. The Hall–Kier alpha value is -0.680. The number of halogens is 2. The van der Waals surface area contributed by atoms with Crippen LogP contribution in [0.4, 0.5) is 4.39 Å². The molecule has 1 aromatic rings. The van der Waals surface area contributed by atoms with Crippen molar-refractivity contribution in [3.63, 3.8) is 0 Å². The first-order valence-electron chi connectivity index (χ1n) is 4.93. The highest BCUT2D eigenvalue weighted by Crippen LogP contribution is 2.18. The summed E-state index contributed by atoms with van der Waals surface area (Å²) in [7, 11) is 0. The van der Waals surface area contributed by atoms with Gasteiger partial charge in [-0.25, -0.2) is 9.37 Å². The highest BCUT2D eigenvalue weighted by molar-refractivity contribution is 9.10. The third kappa shape index (κ3) is 2.89. The first kappa shape index (κ1) is 10.8. The van der Waals surface area contributed by atoms with Crippen LogP contribution in [0.1, 0.15) is 12.8 Å². The molecule has 0 saturated carbocycles. The Kier molecular flexibility index (Phi) is 3.53. The van der Waals surface area contributed by atoms with Gasteiger partial charge in [-0.15, -0.1) is 0 Å². The first-order chi connectivity index (χ1) is 7.25. The van der Waals surface area contributed by atoms with Gasteiger partial charge in [-0.2, -0.15) is 0 Å². The molecule has 3 nitrogen and oxygen atoms in total. The normalized spacial score (nSPS) is 20.5. The Balaban J connectivity index is 1.92. The molecule has 82 valence electrons. The quantitative estimate of drug-likeness (QED) is 0.917. The van der Waals surface area contributed by atoms with E-state index >= 15 is 0 Å². The van der Waals surface area contributed by atoms with Gasteiger partial charge in [-0.3, -0.25) is 0 Å². The van der Waals surface area contributed by atoms with E-state index in [1.807, 2.05) is 0 Å². The van der Waals surface area contributed by atoms with Crippen LogP contribution in [0.25, 0.3) is 0 Å². The van der Waals surface area contributed by atoms with Crippen molar-refractivity contribution in [3.05, 3.63) is 22.6 Å². The van der Waals surface area contributed by atoms with Gasteiger partial charge in [0.1, 0.15) is 6.61 Å². The molecule has 1 aromatic heterocycles. The molecule has 1 atom stereocenters. The summed E-state index contributed by atoms with van der Waals surface area (Å²) in [6.07, 6.45) is 3.77. The molecule has 15 heavy (non-hydrogen) atoms. The number of hydrogen-bond acceptors (Lipinski definition) is 3. The van der Waals surface area contributed by atoms with Gasteiger partial charge in [-0.05, 0) is 41.4 Å². The Morgan fingerprint density at radius 2 is 2.53 bits per heavy atom. The van der Waals surface area contributed by atoms with Crippen LogP contribution in [0.2, 0.25) is 0 Å². The smallest absolute Gasteiger partial charge is 0.250 e. The molecule has 0 aromatic carbocycles. The van der Waals surface area contributed by atoms with E-state index in [-0.39, 0.29) is 5.88 Å². The number of rotatable bonds is 3. The molecular formula is C10H12BrFN2O. The predicted molar refractivity (Wildman–Crippen MR) is 58.4 cm³/mol. The van der Waals surface area contributed by atoms with Crippen LogP contribution in [-0.2, 0) is 0 Å². The van der Waals surface area contributed by atoms with Crippen LogP contribution in [0.15, 0.2) is 16.7 Å². The molecule has 0 aliphatic carbocycles. The molecule has 1 unspecified atom stereocenters. The average molecular weight is 275 g/mol. The summed E-state index contributed by atoms with van der Waals surface area (Å²) < 4.78 is 19.2. The molecule has 0 amide bonds. The topological polar surface area (TPSA) is 34.1 Å². The Morgan fingerprint density at radius 3 is 3.20 bits per heavy atom. The lowest BCUT2D eigenvalue weighted by molar-refractivity contribution is 0.255. The largest absolute Gasteiger partial charge is 0.474 e. The van der Waals surface area contributed by atoms with E-state index in [2.05, 4.69) is 26.2 Å². The van der Waals surface area contributed by atoms with Crippen molar-refractivity contribution < 1.29 is 9.13 Å². The van der Waals surface area contributed by atoms with Crippen LogP contribution in [-0.4, -0.2) is 24.2 Å². The zero-order valence-corrected chi connectivity index (χ0v) is 9.76. The Labute approximate surface area is 96.2 Å². The molecule has 2 heterocycles. The van der Waals surface area contributed by atoms with E-state index in [0.717, 1.165) is 19.4 Å². The second-order valence-electron chi connectivity index (χ2n) is 3.54. The van der Waals surface area contributed by atoms with Crippen LogP contribution in [0.5, 0.6) is 5.88 Å². The monoisotopic (exact) mass is 274 g/mol. The first-order valence-corrected chi connectivity index (χ1v) is 5.72. The summed E-state index contributed by atoms with van der Waals surface area (Å²) in [4.78, 5) is 3.87. The molecule has 1 saturated heterocycles. The van der Waals surface area contributed by atoms with Crippen LogP contribution in [0, 0.1) is 5.82 Å². The van der Waals surface area contributed by atoms with Crippen molar-refractivity contribution in [1.82, 2.24) is 10.3 Å². The molecular weight excluding hydrogens is 263 g/mol. The SMILES string of the molecule is Fc1cc(Br)cnc1OCC1CCCN1. The Morgan fingerprint density at radius 1 is 1.67 bits per heavy atom. The fraction of sp³-hybridized carbons (Fsp3) is 0.500. The standard InChI is InChI=1S/C10H12BrFN2O/c11-7-4-9(12)10(14-5-7)15-6-8-2-1-3-13-8/h4-5,8,13H,1-3,6H2. The lowest BCUT2D eigenvalue weighted by Crippen LogP contribution is -2.28. The Bertz CT molecular complexity index is 342. The maximum absolute atomic E-state index is 13.3. The fourth-order valence-electron chi connectivity index (χ4n) is 1.59. The van der Waals surface area contributed by atoms with Crippen LogP contribution < -0.4 is 10.1 Å². The van der Waals surface area contributed by atoms with Gasteiger partial charge in [0.25, 0.3) is 0 Å². The van der Waals surface area contributed by atoms with Crippen LogP contribution >= 0.6 is 15.9 Å². The zero-order valence-electron chi connectivity index (χ0n) is 8.17. The van der Waals surface area contributed by atoms with Gasteiger partial charge in [0.05, 0.1) is 0 Å². The molecule has 1 N–H and O–H groups in total. The number of ether oxygens (including phenoxy) is 1. The molecule has 2 rings (SSSR count).